The fourth-order valence-corrected chi connectivity index (χ4v) is 3.34. The number of aliphatic hydroxyl groups excluding tert-OH is 2. The van der Waals surface area contributed by atoms with E-state index in [0.717, 1.165) is 27.8 Å². The third-order valence-electron chi connectivity index (χ3n) is 4.86. The highest BCUT2D eigenvalue weighted by molar-refractivity contribution is 5.92. The normalized spacial score (nSPS) is 12.1. The Kier molecular flexibility index (Phi) is 5.41. The van der Waals surface area contributed by atoms with Crippen LogP contribution in [-0.4, -0.2) is 38.9 Å². The van der Waals surface area contributed by atoms with Crippen molar-refractivity contribution >= 4 is 16.9 Å². The number of H-pyrrole nitrogens is 1. The van der Waals surface area contributed by atoms with Crippen molar-refractivity contribution in [3.8, 4) is 17.0 Å². The molecule has 4 N–H and O–H groups in total. The number of hydrogen-bond acceptors (Lipinski definition) is 6. The smallest absolute Gasteiger partial charge is 0.143 e. The van der Waals surface area contributed by atoms with Crippen LogP contribution in [0.2, 0.25) is 0 Å². The number of benzene rings is 2. The van der Waals surface area contributed by atoms with Gasteiger partial charge in [-0.2, -0.15) is 0 Å². The van der Waals surface area contributed by atoms with Crippen LogP contribution in [0.25, 0.3) is 22.3 Å². The van der Waals surface area contributed by atoms with Crippen molar-refractivity contribution in [3.63, 3.8) is 0 Å². The first-order valence-corrected chi connectivity index (χ1v) is 9.27. The summed E-state index contributed by atoms with van der Waals surface area (Å²) >= 11 is 0. The zero-order chi connectivity index (χ0) is 20.2. The lowest BCUT2D eigenvalue weighted by molar-refractivity contribution is 0.276. The summed E-state index contributed by atoms with van der Waals surface area (Å²) in [6.45, 7) is -0.117. The van der Waals surface area contributed by atoms with Crippen molar-refractivity contribution < 1.29 is 14.9 Å². The van der Waals surface area contributed by atoms with Crippen LogP contribution in [0.4, 0.5) is 5.82 Å². The van der Waals surface area contributed by atoms with Crippen LogP contribution in [-0.2, 0) is 6.61 Å². The van der Waals surface area contributed by atoms with Gasteiger partial charge < -0.3 is 25.3 Å². The minimum absolute atomic E-state index is 0.0507. The molecule has 2 aromatic carbocycles. The van der Waals surface area contributed by atoms with E-state index in [0.29, 0.717) is 17.2 Å². The zero-order valence-corrected chi connectivity index (χ0v) is 16.0. The van der Waals surface area contributed by atoms with E-state index in [4.69, 9.17) is 4.74 Å². The fraction of sp³-hybridized carbons (Fsp3) is 0.182. The van der Waals surface area contributed by atoms with E-state index < -0.39 is 0 Å². The van der Waals surface area contributed by atoms with Gasteiger partial charge in [-0.15, -0.1) is 0 Å². The molecule has 0 aliphatic heterocycles. The zero-order valence-electron chi connectivity index (χ0n) is 16.0. The van der Waals surface area contributed by atoms with Gasteiger partial charge in [0.05, 0.1) is 37.4 Å². The first-order chi connectivity index (χ1) is 14.2. The second-order valence-electron chi connectivity index (χ2n) is 6.65. The number of nitrogens with zero attached hydrogens (tertiary/aromatic N) is 2. The lowest BCUT2D eigenvalue weighted by atomic mass is 10.1. The Morgan fingerprint density at radius 3 is 2.62 bits per heavy atom. The molecule has 0 bridgehead atoms. The summed E-state index contributed by atoms with van der Waals surface area (Å²) in [6, 6.07) is 17.0. The SMILES string of the molecule is COc1cc(CO)ccc1-c1cc2c(NC(CO)c3ccccc3)ncnc2[nH]1. The summed E-state index contributed by atoms with van der Waals surface area (Å²) in [5.74, 6) is 1.29. The Labute approximate surface area is 168 Å². The standard InChI is InChI=1S/C22H22N4O3/c1-29-20-9-14(11-27)7-8-16(20)18-10-17-21(25-18)23-13-24-22(17)26-19(12-28)15-5-3-2-4-6-15/h2-10,13,19,27-28H,11-12H2,1H3,(H2,23,24,25,26). The summed E-state index contributed by atoms with van der Waals surface area (Å²) in [7, 11) is 1.60. The minimum atomic E-state index is -0.286. The van der Waals surface area contributed by atoms with Crippen LogP contribution in [0.3, 0.4) is 0 Å². The Balaban J connectivity index is 1.73. The first-order valence-electron chi connectivity index (χ1n) is 9.27. The molecule has 148 valence electrons. The van der Waals surface area contributed by atoms with Gasteiger partial charge in [-0.1, -0.05) is 36.4 Å². The van der Waals surface area contributed by atoms with Gasteiger partial charge in [0.1, 0.15) is 23.5 Å². The highest BCUT2D eigenvalue weighted by Crippen LogP contribution is 2.34. The molecule has 4 rings (SSSR count). The number of fused-ring (bicyclic) bond motifs is 1. The van der Waals surface area contributed by atoms with Crippen molar-refractivity contribution in [2.45, 2.75) is 12.6 Å². The summed E-state index contributed by atoms with van der Waals surface area (Å²) < 4.78 is 5.49. The van der Waals surface area contributed by atoms with Crippen LogP contribution in [0, 0.1) is 0 Å². The van der Waals surface area contributed by atoms with E-state index in [1.807, 2.05) is 54.6 Å². The Bertz CT molecular complexity index is 1110. The van der Waals surface area contributed by atoms with Crippen LogP contribution in [0.15, 0.2) is 60.9 Å². The number of methoxy groups -OCH3 is 1. The molecule has 0 fully saturated rings. The number of hydrogen-bond donors (Lipinski definition) is 4. The maximum Gasteiger partial charge on any atom is 0.143 e. The molecular weight excluding hydrogens is 368 g/mol. The number of anilines is 1. The molecule has 2 aromatic heterocycles. The molecule has 0 aliphatic rings. The average Bonchev–Trinajstić information content (AvgIpc) is 3.22. The summed E-state index contributed by atoms with van der Waals surface area (Å²) in [5, 5.41) is 23.3. The number of aromatic amines is 1. The number of aromatic nitrogens is 3. The minimum Gasteiger partial charge on any atom is -0.496 e. The highest BCUT2D eigenvalue weighted by Gasteiger charge is 2.16. The summed E-state index contributed by atoms with van der Waals surface area (Å²) in [4.78, 5) is 12.0. The van der Waals surface area contributed by atoms with Gasteiger partial charge in [-0.3, -0.25) is 0 Å². The van der Waals surface area contributed by atoms with Gasteiger partial charge in [0, 0.05) is 5.56 Å². The van der Waals surface area contributed by atoms with Crippen molar-refractivity contribution in [1.29, 1.82) is 0 Å². The second kappa shape index (κ2) is 8.30. The van der Waals surface area contributed by atoms with Gasteiger partial charge in [-0.05, 0) is 29.3 Å². The quantitative estimate of drug-likeness (QED) is 0.386. The highest BCUT2D eigenvalue weighted by atomic mass is 16.5. The van der Waals surface area contributed by atoms with E-state index in [2.05, 4.69) is 20.3 Å². The van der Waals surface area contributed by atoms with Gasteiger partial charge in [0.2, 0.25) is 0 Å². The molecule has 2 heterocycles. The fourth-order valence-electron chi connectivity index (χ4n) is 3.34. The molecule has 4 aromatic rings. The van der Waals surface area contributed by atoms with Crippen LogP contribution < -0.4 is 10.1 Å². The van der Waals surface area contributed by atoms with Crippen molar-refractivity contribution in [3.05, 3.63) is 72.1 Å². The summed E-state index contributed by atoms with van der Waals surface area (Å²) in [5.41, 5.74) is 4.10. The molecule has 0 amide bonds. The van der Waals surface area contributed by atoms with Crippen molar-refractivity contribution in [2.75, 3.05) is 19.0 Å². The molecule has 0 spiro atoms. The predicted molar refractivity (Wildman–Crippen MR) is 112 cm³/mol. The van der Waals surface area contributed by atoms with Crippen LogP contribution in [0.5, 0.6) is 5.75 Å². The Morgan fingerprint density at radius 2 is 1.90 bits per heavy atom. The largest absolute Gasteiger partial charge is 0.496 e. The average molecular weight is 390 g/mol. The second-order valence-corrected chi connectivity index (χ2v) is 6.65. The van der Waals surface area contributed by atoms with E-state index in [9.17, 15) is 10.2 Å². The van der Waals surface area contributed by atoms with E-state index in [-0.39, 0.29) is 19.3 Å². The molecule has 0 aliphatic carbocycles. The Hall–Kier alpha value is -3.42. The number of aliphatic hydroxyl groups is 2. The van der Waals surface area contributed by atoms with Gasteiger partial charge in [0.15, 0.2) is 0 Å². The number of ether oxygens (including phenoxy) is 1. The number of nitrogens with one attached hydrogen (secondary N) is 2. The van der Waals surface area contributed by atoms with E-state index in [1.54, 1.807) is 7.11 Å². The van der Waals surface area contributed by atoms with Gasteiger partial charge in [0.25, 0.3) is 0 Å². The van der Waals surface area contributed by atoms with Gasteiger partial charge in [-0.25, -0.2) is 9.97 Å². The molecule has 0 saturated heterocycles. The molecule has 7 nitrogen and oxygen atoms in total. The van der Waals surface area contributed by atoms with Crippen LogP contribution in [0.1, 0.15) is 17.2 Å². The summed E-state index contributed by atoms with van der Waals surface area (Å²) in [6.07, 6.45) is 1.48. The molecule has 7 heteroatoms. The molecule has 0 radical (unpaired) electrons. The molecule has 1 atom stereocenters. The monoisotopic (exact) mass is 390 g/mol. The third-order valence-corrected chi connectivity index (χ3v) is 4.86. The third kappa shape index (κ3) is 3.78. The molecule has 0 saturated carbocycles. The van der Waals surface area contributed by atoms with Gasteiger partial charge >= 0.3 is 0 Å². The topological polar surface area (TPSA) is 103 Å². The predicted octanol–water partition coefficient (Wildman–Crippen LogP) is 3.27. The van der Waals surface area contributed by atoms with E-state index in [1.165, 1.54) is 6.33 Å². The van der Waals surface area contributed by atoms with Crippen molar-refractivity contribution in [2.24, 2.45) is 0 Å². The molecular formula is C22H22N4O3. The van der Waals surface area contributed by atoms with Crippen LogP contribution >= 0.6 is 0 Å². The lowest BCUT2D eigenvalue weighted by Crippen LogP contribution is -2.15. The molecule has 29 heavy (non-hydrogen) atoms. The maximum absolute atomic E-state index is 9.86. The lowest BCUT2D eigenvalue weighted by Gasteiger charge is -2.17. The van der Waals surface area contributed by atoms with Crippen molar-refractivity contribution in [1.82, 2.24) is 15.0 Å². The first kappa shape index (κ1) is 18.9. The van der Waals surface area contributed by atoms with E-state index >= 15 is 0 Å². The Morgan fingerprint density at radius 1 is 1.07 bits per heavy atom. The maximum atomic E-state index is 9.86. The number of rotatable bonds is 7. The molecule has 1 unspecified atom stereocenters.